The Balaban J connectivity index is 1.50. The lowest BCUT2D eigenvalue weighted by molar-refractivity contribution is -0.146. The van der Waals surface area contributed by atoms with Gasteiger partial charge in [0, 0.05) is 23.5 Å². The molecule has 0 unspecified atom stereocenters. The van der Waals surface area contributed by atoms with Gasteiger partial charge in [0.1, 0.15) is 12.4 Å². The highest BCUT2D eigenvalue weighted by Crippen LogP contribution is 2.29. The van der Waals surface area contributed by atoms with E-state index in [1.165, 1.54) is 50.9 Å². The summed E-state index contributed by atoms with van der Waals surface area (Å²) in [5, 5.41) is 2.51. The van der Waals surface area contributed by atoms with E-state index in [2.05, 4.69) is 5.32 Å². The summed E-state index contributed by atoms with van der Waals surface area (Å²) in [6.45, 7) is -1.03. The van der Waals surface area contributed by atoms with E-state index in [0.29, 0.717) is 10.6 Å². The number of halogens is 1. The number of thiophene rings is 1. The predicted octanol–water partition coefficient (Wildman–Crippen LogP) is 1.95. The third-order valence-corrected chi connectivity index (χ3v) is 6.23. The van der Waals surface area contributed by atoms with Crippen molar-refractivity contribution in [2.45, 2.75) is 32.1 Å². The molecule has 3 amide bonds. The first kappa shape index (κ1) is 23.4. The van der Waals surface area contributed by atoms with Crippen LogP contribution in [-0.4, -0.2) is 43.4 Å². The molecule has 0 saturated carbocycles. The zero-order valence-electron chi connectivity index (χ0n) is 17.4. The molecule has 1 aromatic carbocycles. The zero-order chi connectivity index (χ0) is 23.1. The maximum absolute atomic E-state index is 13.2. The Morgan fingerprint density at radius 3 is 2.53 bits per heavy atom. The molecule has 0 aliphatic heterocycles. The Morgan fingerprint density at radius 2 is 1.84 bits per heavy atom. The lowest BCUT2D eigenvalue weighted by atomic mass is 9.99. The number of nitrogens with one attached hydrogen (secondary N) is 1. The number of amides is 3. The highest BCUT2D eigenvalue weighted by molar-refractivity contribution is 7.14. The summed E-state index contributed by atoms with van der Waals surface area (Å²) in [4.78, 5) is 50.9. The largest absolute Gasteiger partial charge is 0.454 e. The van der Waals surface area contributed by atoms with Crippen molar-refractivity contribution < 1.29 is 28.3 Å². The van der Waals surface area contributed by atoms with Gasteiger partial charge in [-0.25, -0.2) is 4.39 Å². The lowest BCUT2D eigenvalue weighted by Gasteiger charge is -2.22. The van der Waals surface area contributed by atoms with Crippen LogP contribution in [0.5, 0.6) is 0 Å². The SMILES string of the molecule is NC(=O)CCN(C(=O)COC(=O)CNC(=O)c1cc2c(s1)CCCC2)c1ccc(F)cc1. The molecule has 0 atom stereocenters. The minimum atomic E-state index is -0.776. The van der Waals surface area contributed by atoms with E-state index < -0.39 is 30.2 Å². The molecule has 1 aliphatic rings. The van der Waals surface area contributed by atoms with Gasteiger partial charge < -0.3 is 20.7 Å². The van der Waals surface area contributed by atoms with Gasteiger partial charge in [-0.3, -0.25) is 19.2 Å². The molecule has 1 aromatic heterocycles. The maximum atomic E-state index is 13.2. The number of ether oxygens (including phenoxy) is 1. The Morgan fingerprint density at radius 1 is 1.12 bits per heavy atom. The molecule has 0 radical (unpaired) electrons. The first-order valence-electron chi connectivity index (χ1n) is 10.2. The zero-order valence-corrected chi connectivity index (χ0v) is 18.2. The Labute approximate surface area is 188 Å². The fourth-order valence-electron chi connectivity index (χ4n) is 3.35. The lowest BCUT2D eigenvalue weighted by Crippen LogP contribution is -2.38. The van der Waals surface area contributed by atoms with Crippen molar-refractivity contribution in [3.05, 3.63) is 51.5 Å². The highest BCUT2D eigenvalue weighted by Gasteiger charge is 2.20. The number of esters is 1. The Hall–Kier alpha value is -3.27. The number of nitrogens with zero attached hydrogens (tertiary/aromatic N) is 1. The second-order valence-electron chi connectivity index (χ2n) is 7.35. The smallest absolute Gasteiger partial charge is 0.325 e. The minimum absolute atomic E-state index is 0.0445. The quantitative estimate of drug-likeness (QED) is 0.554. The molecule has 170 valence electrons. The summed E-state index contributed by atoms with van der Waals surface area (Å²) >= 11 is 1.43. The fourth-order valence-corrected chi connectivity index (χ4v) is 4.52. The number of nitrogens with two attached hydrogens (primary N) is 1. The van der Waals surface area contributed by atoms with E-state index in [9.17, 15) is 23.6 Å². The Bertz CT molecular complexity index is 982. The standard InChI is InChI=1S/C22H24FN3O5S/c23-15-5-7-16(8-6-15)26(10-9-19(24)27)20(28)13-31-21(29)12-25-22(30)18-11-14-3-1-2-4-17(14)32-18/h5-8,11H,1-4,9-10,12-13H2,(H2,24,27)(H,25,30). The van der Waals surface area contributed by atoms with Crippen LogP contribution < -0.4 is 16.0 Å². The van der Waals surface area contributed by atoms with Crippen LogP contribution in [0.25, 0.3) is 0 Å². The van der Waals surface area contributed by atoms with Crippen molar-refractivity contribution in [1.29, 1.82) is 0 Å². The summed E-state index contributed by atoms with van der Waals surface area (Å²) in [6.07, 6.45) is 4.04. The molecule has 0 fully saturated rings. The van der Waals surface area contributed by atoms with E-state index in [1.54, 1.807) is 0 Å². The van der Waals surface area contributed by atoms with Crippen LogP contribution in [0.3, 0.4) is 0 Å². The van der Waals surface area contributed by atoms with Crippen LogP contribution in [0.1, 0.15) is 39.4 Å². The number of aryl methyl sites for hydroxylation is 2. The number of carbonyl (C=O) groups excluding carboxylic acids is 4. The van der Waals surface area contributed by atoms with Crippen molar-refractivity contribution in [3.8, 4) is 0 Å². The van der Waals surface area contributed by atoms with Crippen molar-refractivity contribution in [2.24, 2.45) is 5.73 Å². The number of rotatable bonds is 9. The van der Waals surface area contributed by atoms with Crippen LogP contribution >= 0.6 is 11.3 Å². The van der Waals surface area contributed by atoms with E-state index >= 15 is 0 Å². The van der Waals surface area contributed by atoms with Gasteiger partial charge in [0.25, 0.3) is 11.8 Å². The molecule has 0 bridgehead atoms. The molecular formula is C22H24FN3O5S. The normalized spacial score (nSPS) is 12.5. The average molecular weight is 462 g/mol. The number of hydrogen-bond acceptors (Lipinski definition) is 6. The van der Waals surface area contributed by atoms with Gasteiger partial charge in [-0.05, 0) is 61.6 Å². The molecule has 1 heterocycles. The van der Waals surface area contributed by atoms with E-state index in [4.69, 9.17) is 10.5 Å². The van der Waals surface area contributed by atoms with Gasteiger partial charge >= 0.3 is 5.97 Å². The number of anilines is 1. The van der Waals surface area contributed by atoms with E-state index in [-0.39, 0.29) is 25.4 Å². The van der Waals surface area contributed by atoms with Gasteiger partial charge in [0.05, 0.1) is 4.88 Å². The molecule has 3 rings (SSSR count). The molecule has 0 saturated heterocycles. The van der Waals surface area contributed by atoms with Crippen LogP contribution in [-0.2, 0) is 32.0 Å². The van der Waals surface area contributed by atoms with Gasteiger partial charge in [-0.15, -0.1) is 11.3 Å². The number of benzene rings is 1. The van der Waals surface area contributed by atoms with E-state index in [1.807, 2.05) is 6.07 Å². The summed E-state index contributed by atoms with van der Waals surface area (Å²) in [6, 6.07) is 6.95. The van der Waals surface area contributed by atoms with Crippen LogP contribution in [0, 0.1) is 5.82 Å². The molecule has 10 heteroatoms. The molecule has 8 nitrogen and oxygen atoms in total. The van der Waals surface area contributed by atoms with E-state index in [0.717, 1.165) is 25.7 Å². The van der Waals surface area contributed by atoms with Crippen molar-refractivity contribution in [1.82, 2.24) is 5.32 Å². The van der Waals surface area contributed by atoms with Gasteiger partial charge in [-0.1, -0.05) is 0 Å². The van der Waals surface area contributed by atoms with Crippen molar-refractivity contribution in [3.63, 3.8) is 0 Å². The summed E-state index contributed by atoms with van der Waals surface area (Å²) in [5.41, 5.74) is 6.68. The molecule has 3 N–H and O–H groups in total. The third kappa shape index (κ3) is 6.36. The Kier molecular flexibility index (Phi) is 7.93. The average Bonchev–Trinajstić information content (AvgIpc) is 3.21. The monoisotopic (exact) mass is 461 g/mol. The molecule has 2 aromatic rings. The number of carbonyl (C=O) groups is 4. The van der Waals surface area contributed by atoms with Crippen LogP contribution in [0.15, 0.2) is 30.3 Å². The van der Waals surface area contributed by atoms with Gasteiger partial charge in [0.2, 0.25) is 5.91 Å². The first-order chi connectivity index (χ1) is 15.3. The summed E-state index contributed by atoms with van der Waals surface area (Å²) in [7, 11) is 0. The molecule has 0 spiro atoms. The first-order valence-corrected chi connectivity index (χ1v) is 11.0. The third-order valence-electron chi connectivity index (χ3n) is 4.99. The fraction of sp³-hybridized carbons (Fsp3) is 0.364. The second-order valence-corrected chi connectivity index (χ2v) is 8.48. The highest BCUT2D eigenvalue weighted by atomic mass is 32.1. The summed E-state index contributed by atoms with van der Waals surface area (Å²) in [5.74, 6) is -2.84. The van der Waals surface area contributed by atoms with Crippen LogP contribution in [0.2, 0.25) is 0 Å². The maximum Gasteiger partial charge on any atom is 0.325 e. The van der Waals surface area contributed by atoms with Crippen LogP contribution in [0.4, 0.5) is 10.1 Å². The van der Waals surface area contributed by atoms with Gasteiger partial charge in [0.15, 0.2) is 6.61 Å². The number of hydrogen-bond donors (Lipinski definition) is 2. The molecule has 32 heavy (non-hydrogen) atoms. The number of fused-ring (bicyclic) bond motifs is 1. The topological polar surface area (TPSA) is 119 Å². The van der Waals surface area contributed by atoms with Crippen molar-refractivity contribution in [2.75, 3.05) is 24.6 Å². The second kappa shape index (κ2) is 10.9. The predicted molar refractivity (Wildman–Crippen MR) is 117 cm³/mol. The van der Waals surface area contributed by atoms with Gasteiger partial charge in [-0.2, -0.15) is 0 Å². The minimum Gasteiger partial charge on any atom is -0.454 e. The number of primary amides is 1. The van der Waals surface area contributed by atoms with Crippen molar-refractivity contribution >= 4 is 40.7 Å². The molecular weight excluding hydrogens is 437 g/mol. The summed E-state index contributed by atoms with van der Waals surface area (Å²) < 4.78 is 18.2. The molecule has 1 aliphatic carbocycles.